The number of nitro groups is 1. The zero-order valence-electron chi connectivity index (χ0n) is 13.6. The van der Waals surface area contributed by atoms with Crippen LogP contribution >= 0.6 is 0 Å². The van der Waals surface area contributed by atoms with E-state index in [0.29, 0.717) is 13.1 Å². The molecule has 1 aromatic rings. The van der Waals surface area contributed by atoms with Gasteiger partial charge in [-0.1, -0.05) is 12.1 Å². The van der Waals surface area contributed by atoms with E-state index >= 15 is 0 Å². The van der Waals surface area contributed by atoms with Gasteiger partial charge in [0, 0.05) is 44.7 Å². The number of likely N-dealkylation sites (tertiary alicyclic amines) is 1. The molecule has 1 aliphatic heterocycles. The van der Waals surface area contributed by atoms with Crippen molar-refractivity contribution in [1.82, 2.24) is 9.80 Å². The normalized spacial score (nSPS) is 17.7. The Kier molecular flexibility index (Phi) is 4.98. The molecule has 1 fully saturated rings. The van der Waals surface area contributed by atoms with Crippen molar-refractivity contribution >= 4 is 17.5 Å². The molecule has 0 saturated carbocycles. The highest BCUT2D eigenvalue weighted by molar-refractivity contribution is 5.89. The SMILES string of the molecule is CC(C)N(Cc1ccc([N+](=O)[O-])cc1)C(=O)C1CC(=O)N(C)C1. The highest BCUT2D eigenvalue weighted by atomic mass is 16.6. The van der Waals surface area contributed by atoms with Gasteiger partial charge in [-0.05, 0) is 19.4 Å². The second kappa shape index (κ2) is 6.76. The summed E-state index contributed by atoms with van der Waals surface area (Å²) >= 11 is 0. The van der Waals surface area contributed by atoms with Crippen molar-refractivity contribution in [3.63, 3.8) is 0 Å². The minimum absolute atomic E-state index is 0.0117. The molecule has 1 saturated heterocycles. The molecular formula is C16H21N3O4. The summed E-state index contributed by atoms with van der Waals surface area (Å²) in [4.78, 5) is 37.9. The molecule has 0 aliphatic carbocycles. The molecule has 0 aromatic heterocycles. The Hall–Kier alpha value is -2.44. The van der Waals surface area contributed by atoms with Crippen LogP contribution in [-0.4, -0.2) is 46.2 Å². The van der Waals surface area contributed by atoms with Crippen LogP contribution in [0.2, 0.25) is 0 Å². The number of hydrogen-bond acceptors (Lipinski definition) is 4. The van der Waals surface area contributed by atoms with Crippen LogP contribution in [0.1, 0.15) is 25.8 Å². The van der Waals surface area contributed by atoms with Gasteiger partial charge < -0.3 is 9.80 Å². The predicted octanol–water partition coefficient (Wildman–Crippen LogP) is 1.81. The molecule has 1 aromatic carbocycles. The third-order valence-electron chi connectivity index (χ3n) is 4.10. The number of rotatable bonds is 5. The summed E-state index contributed by atoms with van der Waals surface area (Å²) in [5, 5.41) is 10.7. The fourth-order valence-electron chi connectivity index (χ4n) is 2.70. The van der Waals surface area contributed by atoms with Gasteiger partial charge in [-0.15, -0.1) is 0 Å². The molecule has 7 nitrogen and oxygen atoms in total. The number of carbonyl (C=O) groups is 2. The van der Waals surface area contributed by atoms with Gasteiger partial charge in [0.25, 0.3) is 5.69 Å². The Balaban J connectivity index is 2.11. The summed E-state index contributed by atoms with van der Waals surface area (Å²) in [6.07, 6.45) is 0.249. The lowest BCUT2D eigenvalue weighted by molar-refractivity contribution is -0.384. The van der Waals surface area contributed by atoms with Crippen LogP contribution in [0.15, 0.2) is 24.3 Å². The number of benzene rings is 1. The largest absolute Gasteiger partial charge is 0.345 e. The zero-order chi connectivity index (χ0) is 17.1. The van der Waals surface area contributed by atoms with Gasteiger partial charge >= 0.3 is 0 Å². The fraction of sp³-hybridized carbons (Fsp3) is 0.500. The van der Waals surface area contributed by atoms with E-state index in [1.54, 1.807) is 29.0 Å². The molecule has 7 heteroatoms. The Morgan fingerprint density at radius 1 is 1.39 bits per heavy atom. The summed E-state index contributed by atoms with van der Waals surface area (Å²) in [7, 11) is 1.70. The molecule has 0 bridgehead atoms. The van der Waals surface area contributed by atoms with Gasteiger partial charge in [0.2, 0.25) is 11.8 Å². The Bertz CT molecular complexity index is 612. The first-order valence-corrected chi connectivity index (χ1v) is 7.57. The van der Waals surface area contributed by atoms with Crippen LogP contribution in [0.4, 0.5) is 5.69 Å². The lowest BCUT2D eigenvalue weighted by atomic mass is 10.0. The lowest BCUT2D eigenvalue weighted by Gasteiger charge is -2.29. The van der Waals surface area contributed by atoms with Crippen molar-refractivity contribution in [2.45, 2.75) is 32.9 Å². The number of carbonyl (C=O) groups excluding carboxylic acids is 2. The summed E-state index contributed by atoms with van der Waals surface area (Å²) in [5.74, 6) is -0.369. The first-order chi connectivity index (χ1) is 10.8. The molecule has 0 N–H and O–H groups in total. The highest BCUT2D eigenvalue weighted by Crippen LogP contribution is 2.22. The third-order valence-corrected chi connectivity index (χ3v) is 4.10. The van der Waals surface area contributed by atoms with Gasteiger partial charge in [-0.25, -0.2) is 0 Å². The number of non-ortho nitro benzene ring substituents is 1. The smallest absolute Gasteiger partial charge is 0.269 e. The second-order valence-electron chi connectivity index (χ2n) is 6.16. The van der Waals surface area contributed by atoms with Crippen LogP contribution in [0.3, 0.4) is 0 Å². The minimum Gasteiger partial charge on any atom is -0.345 e. The van der Waals surface area contributed by atoms with E-state index in [1.165, 1.54) is 12.1 Å². The molecule has 1 unspecified atom stereocenters. The van der Waals surface area contributed by atoms with E-state index in [2.05, 4.69) is 0 Å². The Labute approximate surface area is 135 Å². The maximum absolute atomic E-state index is 12.7. The van der Waals surface area contributed by atoms with Crippen molar-refractivity contribution < 1.29 is 14.5 Å². The van der Waals surface area contributed by atoms with E-state index < -0.39 is 4.92 Å². The second-order valence-corrected chi connectivity index (χ2v) is 6.16. The first kappa shape index (κ1) is 16.9. The summed E-state index contributed by atoms with van der Waals surface area (Å²) in [5.41, 5.74) is 0.856. The molecule has 0 radical (unpaired) electrons. The van der Waals surface area contributed by atoms with Gasteiger partial charge in [0.1, 0.15) is 0 Å². The molecule has 1 aliphatic rings. The maximum Gasteiger partial charge on any atom is 0.269 e. The van der Waals surface area contributed by atoms with Crippen molar-refractivity contribution in [2.75, 3.05) is 13.6 Å². The molecule has 23 heavy (non-hydrogen) atoms. The summed E-state index contributed by atoms with van der Waals surface area (Å²) < 4.78 is 0. The first-order valence-electron chi connectivity index (χ1n) is 7.57. The number of nitrogens with zero attached hydrogens (tertiary/aromatic N) is 3. The van der Waals surface area contributed by atoms with E-state index in [1.807, 2.05) is 13.8 Å². The molecule has 124 valence electrons. The number of amides is 2. The molecule has 2 amide bonds. The van der Waals surface area contributed by atoms with Crippen LogP contribution in [-0.2, 0) is 16.1 Å². The van der Waals surface area contributed by atoms with Crippen molar-refractivity contribution in [3.8, 4) is 0 Å². The molecular weight excluding hydrogens is 298 g/mol. The predicted molar refractivity (Wildman–Crippen MR) is 84.5 cm³/mol. The van der Waals surface area contributed by atoms with E-state index in [-0.39, 0.29) is 35.9 Å². The number of hydrogen-bond donors (Lipinski definition) is 0. The van der Waals surface area contributed by atoms with Gasteiger partial charge in [-0.2, -0.15) is 0 Å². The fourth-order valence-corrected chi connectivity index (χ4v) is 2.70. The van der Waals surface area contributed by atoms with Crippen molar-refractivity contribution in [1.29, 1.82) is 0 Å². The highest BCUT2D eigenvalue weighted by Gasteiger charge is 2.35. The molecule has 1 atom stereocenters. The monoisotopic (exact) mass is 319 g/mol. The third kappa shape index (κ3) is 3.85. The quantitative estimate of drug-likeness (QED) is 0.612. The van der Waals surface area contributed by atoms with Crippen LogP contribution in [0.5, 0.6) is 0 Å². The summed E-state index contributed by atoms with van der Waals surface area (Å²) in [6, 6.07) is 6.18. The molecule has 1 heterocycles. The Morgan fingerprint density at radius 2 is 2.00 bits per heavy atom. The zero-order valence-corrected chi connectivity index (χ0v) is 13.6. The average Bonchev–Trinajstić information content (AvgIpc) is 2.84. The number of nitro benzene ring substituents is 1. The lowest BCUT2D eigenvalue weighted by Crippen LogP contribution is -2.41. The van der Waals surface area contributed by atoms with Gasteiger partial charge in [-0.3, -0.25) is 19.7 Å². The van der Waals surface area contributed by atoms with Crippen molar-refractivity contribution in [3.05, 3.63) is 39.9 Å². The maximum atomic E-state index is 12.7. The van der Waals surface area contributed by atoms with Gasteiger partial charge in [0.05, 0.1) is 10.8 Å². The average molecular weight is 319 g/mol. The molecule has 0 spiro atoms. The topological polar surface area (TPSA) is 83.8 Å². The van der Waals surface area contributed by atoms with Crippen molar-refractivity contribution in [2.24, 2.45) is 5.92 Å². The Morgan fingerprint density at radius 3 is 2.43 bits per heavy atom. The van der Waals surface area contributed by atoms with E-state index in [0.717, 1.165) is 5.56 Å². The van der Waals surface area contributed by atoms with E-state index in [9.17, 15) is 19.7 Å². The van der Waals surface area contributed by atoms with E-state index in [4.69, 9.17) is 0 Å². The summed E-state index contributed by atoms with van der Waals surface area (Å²) in [6.45, 7) is 4.66. The van der Waals surface area contributed by atoms with Crippen LogP contribution in [0, 0.1) is 16.0 Å². The minimum atomic E-state index is -0.449. The van der Waals surface area contributed by atoms with Crippen LogP contribution < -0.4 is 0 Å². The molecule has 2 rings (SSSR count). The van der Waals surface area contributed by atoms with Gasteiger partial charge in [0.15, 0.2) is 0 Å². The van der Waals surface area contributed by atoms with Crippen LogP contribution in [0.25, 0.3) is 0 Å². The standard InChI is InChI=1S/C16H21N3O4/c1-11(2)18(16(21)13-8-15(20)17(3)10-13)9-12-4-6-14(7-5-12)19(22)23/h4-7,11,13H,8-10H2,1-3H3.